The van der Waals surface area contributed by atoms with Crippen LogP contribution in [0.2, 0.25) is 0 Å². The Morgan fingerprint density at radius 1 is 1.80 bits per heavy atom. The molecule has 3 unspecified atom stereocenters. The van der Waals surface area contributed by atoms with Crippen molar-refractivity contribution in [3.63, 3.8) is 0 Å². The van der Waals surface area contributed by atoms with Gasteiger partial charge in [-0.25, -0.2) is 0 Å². The van der Waals surface area contributed by atoms with E-state index in [0.717, 1.165) is 19.7 Å². The van der Waals surface area contributed by atoms with Crippen molar-refractivity contribution in [1.82, 2.24) is 4.90 Å². The van der Waals surface area contributed by atoms with Crippen LogP contribution in [0.25, 0.3) is 0 Å². The molecule has 0 aromatic rings. The van der Waals surface area contributed by atoms with E-state index in [1.54, 1.807) is 0 Å². The van der Waals surface area contributed by atoms with Crippen molar-refractivity contribution in [1.29, 1.82) is 0 Å². The van der Waals surface area contributed by atoms with Gasteiger partial charge in [0.25, 0.3) is 0 Å². The molecule has 0 bridgehead atoms. The van der Waals surface area contributed by atoms with Crippen LogP contribution in [-0.2, 0) is 4.74 Å². The maximum absolute atomic E-state index is 9.37. The highest BCUT2D eigenvalue weighted by Crippen LogP contribution is 2.40. The van der Waals surface area contributed by atoms with Crippen LogP contribution in [0.5, 0.6) is 0 Å². The molecule has 2 fully saturated rings. The molecule has 0 aliphatic carbocycles. The molecule has 2 heterocycles. The van der Waals surface area contributed by atoms with Gasteiger partial charge in [-0.2, -0.15) is 0 Å². The molecule has 4 heteroatoms. The molecule has 10 heavy (non-hydrogen) atoms. The molecule has 4 nitrogen and oxygen atoms in total. The average Bonchev–Trinajstić information content (AvgIpc) is 2.54. The molecule has 3 N–H and O–H groups in total. The number of nitrogens with two attached hydrogens (primary N) is 1. The van der Waals surface area contributed by atoms with Crippen LogP contribution in [0.4, 0.5) is 0 Å². The number of aliphatic hydroxyl groups excluding tert-OH is 1. The fraction of sp³-hybridized carbons (Fsp3) is 1.00. The summed E-state index contributed by atoms with van der Waals surface area (Å²) in [6.07, 6.45) is -0.505. The Hall–Kier alpha value is -0.160. The largest absolute Gasteiger partial charge is 0.387 e. The summed E-state index contributed by atoms with van der Waals surface area (Å²) in [5.41, 5.74) is 4.94. The lowest BCUT2D eigenvalue weighted by molar-refractivity contribution is -0.0400. The summed E-state index contributed by atoms with van der Waals surface area (Å²) in [7, 11) is 0. The topological polar surface area (TPSA) is 58.5 Å². The standard InChI is InChI=1S/C6H12N2O2/c7-3-5(9)6-4-8(6)1-2-10-6/h5,9H,1-4,7H2. The summed E-state index contributed by atoms with van der Waals surface area (Å²) in [6, 6.07) is 0. The van der Waals surface area contributed by atoms with Gasteiger partial charge in [0.2, 0.25) is 0 Å². The Morgan fingerprint density at radius 3 is 3.00 bits per heavy atom. The fourth-order valence-corrected chi connectivity index (χ4v) is 1.57. The molecule has 3 atom stereocenters. The fourth-order valence-electron chi connectivity index (χ4n) is 1.57. The zero-order chi connectivity index (χ0) is 7.19. The quantitative estimate of drug-likeness (QED) is 0.456. The Morgan fingerprint density at radius 2 is 2.60 bits per heavy atom. The molecule has 2 saturated heterocycles. The maximum atomic E-state index is 9.37. The first-order valence-corrected chi connectivity index (χ1v) is 3.57. The van der Waals surface area contributed by atoms with E-state index < -0.39 is 6.10 Å². The number of hydrogen-bond acceptors (Lipinski definition) is 4. The molecule has 0 aromatic carbocycles. The molecule has 2 aliphatic heterocycles. The van der Waals surface area contributed by atoms with E-state index in [0.29, 0.717) is 0 Å². The predicted molar refractivity (Wildman–Crippen MR) is 35.3 cm³/mol. The molecular weight excluding hydrogens is 132 g/mol. The monoisotopic (exact) mass is 144 g/mol. The summed E-state index contributed by atoms with van der Waals surface area (Å²) in [5.74, 6) is 0. The van der Waals surface area contributed by atoms with Crippen LogP contribution >= 0.6 is 0 Å². The zero-order valence-electron chi connectivity index (χ0n) is 5.79. The van der Waals surface area contributed by atoms with Crippen molar-refractivity contribution in [3.05, 3.63) is 0 Å². The van der Waals surface area contributed by atoms with E-state index >= 15 is 0 Å². The first kappa shape index (κ1) is 6.54. The number of fused-ring (bicyclic) bond motifs is 1. The molecule has 2 rings (SSSR count). The predicted octanol–water partition coefficient (Wildman–Crippen LogP) is -1.65. The van der Waals surface area contributed by atoms with Crippen LogP contribution in [0, 0.1) is 0 Å². The Kier molecular flexibility index (Phi) is 1.25. The normalized spacial score (nSPS) is 46.8. The number of hydrogen-bond donors (Lipinski definition) is 2. The highest BCUT2D eigenvalue weighted by Gasteiger charge is 2.61. The zero-order valence-corrected chi connectivity index (χ0v) is 5.79. The van der Waals surface area contributed by atoms with Crippen molar-refractivity contribution in [2.75, 3.05) is 26.2 Å². The van der Waals surface area contributed by atoms with E-state index in [1.165, 1.54) is 0 Å². The van der Waals surface area contributed by atoms with Crippen LogP contribution in [0.15, 0.2) is 0 Å². The van der Waals surface area contributed by atoms with Gasteiger partial charge < -0.3 is 15.6 Å². The van der Waals surface area contributed by atoms with Gasteiger partial charge >= 0.3 is 0 Å². The molecule has 0 amide bonds. The lowest BCUT2D eigenvalue weighted by Crippen LogP contribution is -2.38. The van der Waals surface area contributed by atoms with Crippen molar-refractivity contribution in [2.24, 2.45) is 5.73 Å². The second-order valence-corrected chi connectivity index (χ2v) is 2.87. The molecule has 2 aliphatic rings. The third kappa shape index (κ3) is 0.645. The van der Waals surface area contributed by atoms with E-state index in [4.69, 9.17) is 10.5 Å². The highest BCUT2D eigenvalue weighted by atomic mass is 16.6. The van der Waals surface area contributed by atoms with Gasteiger partial charge in [-0.1, -0.05) is 0 Å². The van der Waals surface area contributed by atoms with Gasteiger partial charge in [-0.05, 0) is 0 Å². The third-order valence-corrected chi connectivity index (χ3v) is 2.31. The number of rotatable bonds is 2. The van der Waals surface area contributed by atoms with Crippen LogP contribution in [0.1, 0.15) is 0 Å². The van der Waals surface area contributed by atoms with Gasteiger partial charge in [0.15, 0.2) is 5.72 Å². The van der Waals surface area contributed by atoms with Crippen molar-refractivity contribution in [3.8, 4) is 0 Å². The smallest absolute Gasteiger partial charge is 0.162 e. The van der Waals surface area contributed by atoms with Crippen molar-refractivity contribution in [2.45, 2.75) is 11.8 Å². The van der Waals surface area contributed by atoms with Gasteiger partial charge in [0.1, 0.15) is 6.10 Å². The Bertz CT molecular complexity index is 153. The Balaban J connectivity index is 2.03. The molecule has 58 valence electrons. The van der Waals surface area contributed by atoms with E-state index in [2.05, 4.69) is 4.90 Å². The van der Waals surface area contributed by atoms with Gasteiger partial charge in [-0.15, -0.1) is 0 Å². The number of morpholine rings is 1. The maximum Gasteiger partial charge on any atom is 0.162 e. The van der Waals surface area contributed by atoms with E-state index in [-0.39, 0.29) is 12.3 Å². The van der Waals surface area contributed by atoms with Crippen LogP contribution in [0.3, 0.4) is 0 Å². The minimum Gasteiger partial charge on any atom is -0.387 e. The Labute approximate surface area is 59.6 Å². The first-order valence-electron chi connectivity index (χ1n) is 3.57. The van der Waals surface area contributed by atoms with Crippen molar-refractivity contribution >= 4 is 0 Å². The van der Waals surface area contributed by atoms with Gasteiger partial charge in [-0.3, -0.25) is 4.90 Å². The lowest BCUT2D eigenvalue weighted by Gasteiger charge is -2.16. The van der Waals surface area contributed by atoms with Gasteiger partial charge in [0.05, 0.1) is 6.61 Å². The molecule has 0 radical (unpaired) electrons. The molecule has 0 saturated carbocycles. The van der Waals surface area contributed by atoms with E-state index in [9.17, 15) is 5.11 Å². The summed E-state index contributed by atoms with van der Waals surface area (Å²) in [4.78, 5) is 2.10. The number of aliphatic hydroxyl groups is 1. The summed E-state index contributed by atoms with van der Waals surface area (Å²) >= 11 is 0. The first-order chi connectivity index (χ1) is 4.79. The summed E-state index contributed by atoms with van der Waals surface area (Å²) in [5, 5.41) is 9.37. The number of nitrogens with zero attached hydrogens (tertiary/aromatic N) is 1. The molecule has 0 aromatic heterocycles. The molecule has 0 spiro atoms. The highest BCUT2D eigenvalue weighted by molar-refractivity contribution is 5.08. The van der Waals surface area contributed by atoms with E-state index in [1.807, 2.05) is 0 Å². The van der Waals surface area contributed by atoms with Crippen LogP contribution < -0.4 is 5.73 Å². The van der Waals surface area contributed by atoms with Gasteiger partial charge in [0, 0.05) is 19.6 Å². The second-order valence-electron chi connectivity index (χ2n) is 2.87. The summed E-state index contributed by atoms with van der Waals surface area (Å²) < 4.78 is 5.36. The van der Waals surface area contributed by atoms with Crippen LogP contribution in [-0.4, -0.2) is 48.1 Å². The second kappa shape index (κ2) is 1.92. The average molecular weight is 144 g/mol. The summed E-state index contributed by atoms with van der Waals surface area (Å²) in [6.45, 7) is 2.82. The number of ether oxygens (including phenoxy) is 1. The third-order valence-electron chi connectivity index (χ3n) is 2.31. The minimum atomic E-state index is -0.505. The van der Waals surface area contributed by atoms with Crippen molar-refractivity contribution < 1.29 is 9.84 Å². The lowest BCUT2D eigenvalue weighted by atomic mass is 10.2. The SMILES string of the molecule is NCC(O)C12CN1CCO2. The minimum absolute atomic E-state index is 0.288. The molecular formula is C6H12N2O2.